The molecule has 0 fully saturated rings. The zero-order valence-corrected chi connectivity index (χ0v) is 10.5. The van der Waals surface area contributed by atoms with Crippen molar-refractivity contribution in [3.63, 3.8) is 0 Å². The molecule has 0 amide bonds. The van der Waals surface area contributed by atoms with Crippen LogP contribution in [-0.2, 0) is 0 Å². The Morgan fingerprint density at radius 1 is 0.867 bits per heavy atom. The average Bonchev–Trinajstić information content (AvgIpc) is 2.47. The van der Waals surface area contributed by atoms with Gasteiger partial charge in [0.05, 0.1) is 0 Å². The molecule has 0 aliphatic carbocycles. The second kappa shape index (κ2) is 3.16. The Bertz CT molecular complexity index is 502. The zero-order chi connectivity index (χ0) is 11.3. The van der Waals surface area contributed by atoms with Gasteiger partial charge < -0.3 is 4.48 Å². The molecule has 0 N–H and O–H groups in total. The number of rotatable bonds is 0. The summed E-state index contributed by atoms with van der Waals surface area (Å²) in [6, 6.07) is 0. The lowest BCUT2D eigenvalue weighted by Gasteiger charge is -2.13. The number of aromatic nitrogens is 1. The molecule has 0 aliphatic heterocycles. The first-order valence-corrected chi connectivity index (χ1v) is 5.47. The van der Waals surface area contributed by atoms with Gasteiger partial charge in [-0.05, 0) is 68.6 Å². The molecule has 0 spiro atoms. The first-order valence-electron chi connectivity index (χ1n) is 5.47. The minimum atomic E-state index is 1.39. The lowest BCUT2D eigenvalue weighted by Crippen LogP contribution is -1.97. The van der Waals surface area contributed by atoms with Gasteiger partial charge in [0.2, 0.25) is 7.98 Å². The largest absolute Gasteiger partial charge is 0.399 e. The Kier molecular flexibility index (Phi) is 2.18. The molecule has 15 heavy (non-hydrogen) atoms. The van der Waals surface area contributed by atoms with Gasteiger partial charge in [0.15, 0.2) is 0 Å². The van der Waals surface area contributed by atoms with E-state index in [1.54, 1.807) is 0 Å². The first kappa shape index (κ1) is 10.3. The van der Waals surface area contributed by atoms with Crippen LogP contribution in [0.5, 0.6) is 0 Å². The van der Waals surface area contributed by atoms with Crippen LogP contribution in [-0.4, -0.2) is 12.5 Å². The first-order chi connectivity index (χ1) is 6.95. The van der Waals surface area contributed by atoms with Crippen LogP contribution in [0.1, 0.15) is 27.8 Å². The molecule has 0 saturated heterocycles. The highest BCUT2D eigenvalue weighted by molar-refractivity contribution is 6.13. The van der Waals surface area contributed by atoms with Crippen molar-refractivity contribution < 1.29 is 0 Å². The van der Waals surface area contributed by atoms with Crippen LogP contribution in [0.15, 0.2) is 6.20 Å². The summed E-state index contributed by atoms with van der Waals surface area (Å²) in [5.41, 5.74) is 8.51. The second-order valence-electron chi connectivity index (χ2n) is 4.65. The Morgan fingerprint density at radius 2 is 1.40 bits per heavy atom. The third-order valence-electron chi connectivity index (χ3n) is 3.79. The van der Waals surface area contributed by atoms with Gasteiger partial charge in [-0.15, -0.1) is 0 Å². The van der Waals surface area contributed by atoms with Crippen LogP contribution in [0.4, 0.5) is 0 Å². The molecule has 2 heteroatoms. The number of benzene rings is 1. The highest BCUT2D eigenvalue weighted by atomic mass is 14.8. The standard InChI is InChI=1S/C13H18BN/c1-7-6-15(14)13-11(5)9(3)8(2)10(4)12(7)13/h6H,14H2,1-5H3. The highest BCUT2D eigenvalue weighted by Crippen LogP contribution is 2.31. The number of aryl methyl sites for hydroxylation is 3. The molecule has 1 heterocycles. The maximum absolute atomic E-state index is 2.25. The van der Waals surface area contributed by atoms with Crippen molar-refractivity contribution in [3.05, 3.63) is 34.0 Å². The molecule has 0 bridgehead atoms. The van der Waals surface area contributed by atoms with E-state index in [1.807, 2.05) is 0 Å². The van der Waals surface area contributed by atoms with Crippen molar-refractivity contribution in [2.75, 3.05) is 0 Å². The maximum Gasteiger partial charge on any atom is 0.223 e. The fourth-order valence-electron chi connectivity index (χ4n) is 2.64. The fraction of sp³-hybridized carbons (Fsp3) is 0.385. The van der Waals surface area contributed by atoms with E-state index in [0.717, 1.165) is 0 Å². The van der Waals surface area contributed by atoms with Gasteiger partial charge in [-0.1, -0.05) is 0 Å². The molecule has 0 atom stereocenters. The summed E-state index contributed by atoms with van der Waals surface area (Å²) in [7, 11) is 2.14. The van der Waals surface area contributed by atoms with Gasteiger partial charge in [0, 0.05) is 10.9 Å². The lowest BCUT2D eigenvalue weighted by atomic mass is 9.94. The van der Waals surface area contributed by atoms with Crippen LogP contribution < -0.4 is 0 Å². The highest BCUT2D eigenvalue weighted by Gasteiger charge is 2.13. The molecule has 1 aromatic heterocycles. The Labute approximate surface area is 92.5 Å². The van der Waals surface area contributed by atoms with E-state index in [0.29, 0.717) is 0 Å². The molecule has 0 radical (unpaired) electrons. The zero-order valence-electron chi connectivity index (χ0n) is 10.5. The van der Waals surface area contributed by atoms with E-state index in [9.17, 15) is 0 Å². The monoisotopic (exact) mass is 199 g/mol. The minimum absolute atomic E-state index is 1.39. The summed E-state index contributed by atoms with van der Waals surface area (Å²) in [5, 5.41) is 1.44. The van der Waals surface area contributed by atoms with Gasteiger partial charge in [-0.25, -0.2) is 0 Å². The molecule has 78 valence electrons. The average molecular weight is 199 g/mol. The summed E-state index contributed by atoms with van der Waals surface area (Å²) < 4.78 is 2.25. The third-order valence-corrected chi connectivity index (χ3v) is 3.79. The van der Waals surface area contributed by atoms with Crippen LogP contribution >= 0.6 is 0 Å². The lowest BCUT2D eigenvalue weighted by molar-refractivity contribution is 1.22. The smallest absolute Gasteiger partial charge is 0.223 e. The summed E-state index contributed by atoms with van der Waals surface area (Å²) >= 11 is 0. The van der Waals surface area contributed by atoms with Gasteiger partial charge in [0.25, 0.3) is 0 Å². The summed E-state index contributed by atoms with van der Waals surface area (Å²) in [6.07, 6.45) is 2.23. The van der Waals surface area contributed by atoms with E-state index in [4.69, 9.17) is 0 Å². The maximum atomic E-state index is 2.25. The van der Waals surface area contributed by atoms with Crippen molar-refractivity contribution >= 4 is 18.9 Å². The summed E-state index contributed by atoms with van der Waals surface area (Å²) in [5.74, 6) is 0. The van der Waals surface area contributed by atoms with Gasteiger partial charge in [0.1, 0.15) is 0 Å². The van der Waals surface area contributed by atoms with Gasteiger partial charge in [-0.2, -0.15) is 0 Å². The molecule has 1 aromatic carbocycles. The van der Waals surface area contributed by atoms with E-state index in [-0.39, 0.29) is 0 Å². The van der Waals surface area contributed by atoms with E-state index >= 15 is 0 Å². The molecule has 0 unspecified atom stereocenters. The molecule has 0 aliphatic rings. The van der Waals surface area contributed by atoms with Crippen molar-refractivity contribution in [2.24, 2.45) is 0 Å². The quantitative estimate of drug-likeness (QED) is 0.574. The normalized spacial score (nSPS) is 11.3. The van der Waals surface area contributed by atoms with Crippen molar-refractivity contribution in [2.45, 2.75) is 34.6 Å². The Balaban J connectivity index is 3.10. The van der Waals surface area contributed by atoms with Crippen LogP contribution in [0.2, 0.25) is 0 Å². The predicted molar refractivity (Wildman–Crippen MR) is 69.6 cm³/mol. The molecule has 2 aromatic rings. The number of hydrogen-bond acceptors (Lipinski definition) is 0. The fourth-order valence-corrected chi connectivity index (χ4v) is 2.64. The second-order valence-corrected chi connectivity index (χ2v) is 4.65. The van der Waals surface area contributed by atoms with Gasteiger partial charge >= 0.3 is 0 Å². The summed E-state index contributed by atoms with van der Waals surface area (Å²) in [4.78, 5) is 0. The van der Waals surface area contributed by atoms with Crippen molar-refractivity contribution in [1.82, 2.24) is 4.48 Å². The van der Waals surface area contributed by atoms with E-state index < -0.39 is 0 Å². The topological polar surface area (TPSA) is 4.93 Å². The Hall–Kier alpha value is -1.18. The number of hydrogen-bond donors (Lipinski definition) is 0. The predicted octanol–water partition coefficient (Wildman–Crippen LogP) is 2.58. The minimum Gasteiger partial charge on any atom is -0.399 e. The van der Waals surface area contributed by atoms with Gasteiger partial charge in [-0.3, -0.25) is 0 Å². The molecular formula is C13H18BN. The van der Waals surface area contributed by atoms with E-state index in [1.165, 1.54) is 38.7 Å². The molecule has 1 nitrogen and oxygen atoms in total. The van der Waals surface area contributed by atoms with Crippen LogP contribution in [0.25, 0.3) is 10.9 Å². The number of nitrogens with zero attached hydrogens (tertiary/aromatic N) is 1. The summed E-state index contributed by atoms with van der Waals surface area (Å²) in [6.45, 7) is 11.1. The molecule has 2 rings (SSSR count). The molecular weight excluding hydrogens is 181 g/mol. The number of fused-ring (bicyclic) bond motifs is 1. The van der Waals surface area contributed by atoms with Crippen molar-refractivity contribution in [1.29, 1.82) is 0 Å². The third kappa shape index (κ3) is 1.24. The van der Waals surface area contributed by atoms with Crippen LogP contribution in [0.3, 0.4) is 0 Å². The van der Waals surface area contributed by atoms with Crippen molar-refractivity contribution in [3.8, 4) is 0 Å². The Morgan fingerprint density at radius 3 is 2.00 bits per heavy atom. The van der Waals surface area contributed by atoms with E-state index in [2.05, 4.69) is 53.3 Å². The molecule has 0 saturated carbocycles. The SMILES string of the molecule is Bn1cc(C)c2c(C)c(C)c(C)c(C)c21. The van der Waals surface area contributed by atoms with Crippen LogP contribution in [0, 0.1) is 34.6 Å².